The minimum absolute atomic E-state index is 0.372. The summed E-state index contributed by atoms with van der Waals surface area (Å²) in [6.07, 6.45) is 3.39. The molecule has 0 aliphatic heterocycles. The second-order valence-electron chi connectivity index (χ2n) is 3.34. The highest BCUT2D eigenvalue weighted by Crippen LogP contribution is 2.29. The molecule has 84 valence electrons. The summed E-state index contributed by atoms with van der Waals surface area (Å²) in [7, 11) is 1.60. The number of imidazole rings is 1. The number of benzene rings is 1. The number of nitrogens with zero attached hydrogens (tertiary/aromatic N) is 1. The molecule has 5 heteroatoms. The van der Waals surface area contributed by atoms with Crippen LogP contribution in [0, 0.1) is 0 Å². The van der Waals surface area contributed by atoms with Crippen molar-refractivity contribution >= 4 is 11.6 Å². The van der Waals surface area contributed by atoms with Crippen LogP contribution in [0.1, 0.15) is 17.4 Å². The lowest BCUT2D eigenvalue weighted by Gasteiger charge is -2.14. The van der Waals surface area contributed by atoms with Crippen molar-refractivity contribution in [2.75, 3.05) is 7.11 Å². The summed E-state index contributed by atoms with van der Waals surface area (Å²) in [6.45, 7) is 0. The first-order valence-corrected chi connectivity index (χ1v) is 5.18. The van der Waals surface area contributed by atoms with Crippen LogP contribution in [0.5, 0.6) is 5.75 Å². The van der Waals surface area contributed by atoms with Crippen LogP contribution in [0.4, 0.5) is 0 Å². The van der Waals surface area contributed by atoms with Crippen LogP contribution in [-0.4, -0.2) is 17.1 Å². The molecular formula is C11H12ClN3O. The number of hydrogen-bond acceptors (Lipinski definition) is 3. The highest BCUT2D eigenvalue weighted by atomic mass is 35.5. The van der Waals surface area contributed by atoms with E-state index in [1.165, 1.54) is 0 Å². The summed E-state index contributed by atoms with van der Waals surface area (Å²) >= 11 is 5.94. The van der Waals surface area contributed by atoms with Crippen LogP contribution < -0.4 is 10.5 Å². The van der Waals surface area contributed by atoms with E-state index in [2.05, 4.69) is 9.97 Å². The number of aromatic amines is 1. The van der Waals surface area contributed by atoms with Gasteiger partial charge in [0.2, 0.25) is 0 Å². The van der Waals surface area contributed by atoms with Gasteiger partial charge < -0.3 is 15.5 Å². The van der Waals surface area contributed by atoms with Crippen LogP contribution >= 0.6 is 11.6 Å². The predicted molar refractivity (Wildman–Crippen MR) is 62.6 cm³/mol. The average Bonchev–Trinajstić information content (AvgIpc) is 2.81. The number of hydrogen-bond donors (Lipinski definition) is 2. The maximum absolute atomic E-state index is 6.07. The van der Waals surface area contributed by atoms with Crippen LogP contribution in [0.2, 0.25) is 5.02 Å². The van der Waals surface area contributed by atoms with Crippen LogP contribution in [0.3, 0.4) is 0 Å². The van der Waals surface area contributed by atoms with Crippen molar-refractivity contribution in [2.24, 2.45) is 5.73 Å². The van der Waals surface area contributed by atoms with E-state index in [-0.39, 0.29) is 6.04 Å². The molecule has 0 bridgehead atoms. The van der Waals surface area contributed by atoms with Crippen molar-refractivity contribution in [3.05, 3.63) is 47.0 Å². The maximum atomic E-state index is 6.07. The van der Waals surface area contributed by atoms with Crippen molar-refractivity contribution in [3.63, 3.8) is 0 Å². The van der Waals surface area contributed by atoms with Crippen LogP contribution in [0.25, 0.3) is 0 Å². The number of nitrogens with one attached hydrogen (secondary N) is 1. The van der Waals surface area contributed by atoms with Crippen molar-refractivity contribution in [1.29, 1.82) is 0 Å². The quantitative estimate of drug-likeness (QED) is 0.860. The molecule has 0 saturated carbocycles. The lowest BCUT2D eigenvalue weighted by Crippen LogP contribution is -2.14. The fraction of sp³-hybridized carbons (Fsp3) is 0.182. The molecule has 0 amide bonds. The number of aromatic nitrogens is 2. The molecule has 2 rings (SSSR count). The number of nitrogens with two attached hydrogens (primary N) is 1. The van der Waals surface area contributed by atoms with E-state index in [0.29, 0.717) is 16.6 Å². The van der Waals surface area contributed by atoms with Gasteiger partial charge in [-0.15, -0.1) is 0 Å². The zero-order valence-electron chi connectivity index (χ0n) is 8.77. The Bertz CT molecular complexity index is 470. The van der Waals surface area contributed by atoms with Crippen molar-refractivity contribution < 1.29 is 4.74 Å². The summed E-state index contributed by atoms with van der Waals surface area (Å²) in [4.78, 5) is 7.09. The Labute approximate surface area is 98.4 Å². The van der Waals surface area contributed by atoms with Gasteiger partial charge in [0.05, 0.1) is 13.2 Å². The first-order chi connectivity index (χ1) is 7.72. The molecule has 3 N–H and O–H groups in total. The molecule has 0 aliphatic rings. The molecule has 0 fully saturated rings. The van der Waals surface area contributed by atoms with Crippen molar-refractivity contribution in [1.82, 2.24) is 9.97 Å². The Hall–Kier alpha value is -1.52. The Morgan fingerprint density at radius 3 is 2.94 bits per heavy atom. The average molecular weight is 238 g/mol. The first kappa shape index (κ1) is 11.0. The van der Waals surface area contributed by atoms with Gasteiger partial charge in [-0.05, 0) is 18.2 Å². The molecule has 1 aromatic carbocycles. The molecule has 16 heavy (non-hydrogen) atoms. The zero-order valence-corrected chi connectivity index (χ0v) is 9.53. The van der Waals surface area contributed by atoms with Crippen molar-refractivity contribution in [3.8, 4) is 5.75 Å². The zero-order chi connectivity index (χ0) is 11.5. The number of H-pyrrole nitrogens is 1. The molecule has 0 aliphatic carbocycles. The summed E-state index contributed by atoms with van der Waals surface area (Å²) in [5.74, 6) is 1.38. The largest absolute Gasteiger partial charge is 0.496 e. The van der Waals surface area contributed by atoms with Gasteiger partial charge in [-0.2, -0.15) is 0 Å². The molecule has 4 nitrogen and oxygen atoms in total. The van der Waals surface area contributed by atoms with Crippen LogP contribution in [0.15, 0.2) is 30.6 Å². The minimum atomic E-state index is -0.372. The summed E-state index contributed by atoms with van der Waals surface area (Å²) < 4.78 is 5.24. The van der Waals surface area contributed by atoms with E-state index in [0.717, 1.165) is 5.56 Å². The third kappa shape index (κ3) is 2.03. The molecule has 1 unspecified atom stereocenters. The summed E-state index contributed by atoms with van der Waals surface area (Å²) in [5.41, 5.74) is 6.88. The predicted octanol–water partition coefficient (Wildman–Crippen LogP) is 2.12. The maximum Gasteiger partial charge on any atom is 0.127 e. The standard InChI is InChI=1S/C11H12ClN3O/c1-16-9-3-2-7(12)6-8(9)10(13)11-14-4-5-15-11/h2-6,10H,13H2,1H3,(H,14,15). The Morgan fingerprint density at radius 2 is 2.31 bits per heavy atom. The second-order valence-corrected chi connectivity index (χ2v) is 3.77. The topological polar surface area (TPSA) is 63.9 Å². The normalized spacial score (nSPS) is 12.4. The van der Waals surface area contributed by atoms with Gasteiger partial charge in [0, 0.05) is 23.0 Å². The monoisotopic (exact) mass is 237 g/mol. The lowest BCUT2D eigenvalue weighted by atomic mass is 10.1. The Morgan fingerprint density at radius 1 is 1.50 bits per heavy atom. The molecular weight excluding hydrogens is 226 g/mol. The Balaban J connectivity index is 2.42. The SMILES string of the molecule is COc1ccc(Cl)cc1C(N)c1ncc[nH]1. The molecule has 0 saturated heterocycles. The van der Waals surface area contributed by atoms with Gasteiger partial charge in [-0.1, -0.05) is 11.6 Å². The van der Waals surface area contributed by atoms with Gasteiger partial charge in [0.1, 0.15) is 11.6 Å². The van der Waals surface area contributed by atoms with Gasteiger partial charge in [0.15, 0.2) is 0 Å². The van der Waals surface area contributed by atoms with Crippen molar-refractivity contribution in [2.45, 2.75) is 6.04 Å². The highest BCUT2D eigenvalue weighted by molar-refractivity contribution is 6.30. The molecule has 0 spiro atoms. The lowest BCUT2D eigenvalue weighted by molar-refractivity contribution is 0.407. The minimum Gasteiger partial charge on any atom is -0.496 e. The molecule has 1 heterocycles. The second kappa shape index (κ2) is 4.55. The van der Waals surface area contributed by atoms with Crippen LogP contribution in [-0.2, 0) is 0 Å². The molecule has 1 aromatic heterocycles. The van der Waals surface area contributed by atoms with E-state index in [1.54, 1.807) is 37.7 Å². The first-order valence-electron chi connectivity index (χ1n) is 4.80. The third-order valence-corrected chi connectivity index (χ3v) is 2.58. The van der Waals surface area contributed by atoms with E-state index in [9.17, 15) is 0 Å². The van der Waals surface area contributed by atoms with E-state index >= 15 is 0 Å². The van der Waals surface area contributed by atoms with Gasteiger partial charge in [-0.3, -0.25) is 0 Å². The Kier molecular flexibility index (Phi) is 3.12. The molecule has 1 atom stereocenters. The summed E-state index contributed by atoms with van der Waals surface area (Å²) in [5, 5.41) is 0.623. The smallest absolute Gasteiger partial charge is 0.127 e. The van der Waals surface area contributed by atoms with Gasteiger partial charge in [0.25, 0.3) is 0 Å². The molecule has 0 radical (unpaired) electrons. The number of halogens is 1. The van der Waals surface area contributed by atoms with Gasteiger partial charge >= 0.3 is 0 Å². The van der Waals surface area contributed by atoms with E-state index < -0.39 is 0 Å². The fourth-order valence-electron chi connectivity index (χ4n) is 1.54. The fourth-order valence-corrected chi connectivity index (χ4v) is 1.72. The third-order valence-electron chi connectivity index (χ3n) is 2.34. The summed E-state index contributed by atoms with van der Waals surface area (Å²) in [6, 6.07) is 4.97. The number of rotatable bonds is 3. The molecule has 2 aromatic rings. The highest BCUT2D eigenvalue weighted by Gasteiger charge is 2.16. The van der Waals surface area contributed by atoms with E-state index in [1.807, 2.05) is 0 Å². The number of methoxy groups -OCH3 is 1. The van der Waals surface area contributed by atoms with E-state index in [4.69, 9.17) is 22.1 Å². The van der Waals surface area contributed by atoms with Gasteiger partial charge in [-0.25, -0.2) is 4.98 Å². The number of ether oxygens (including phenoxy) is 1.